The molecule has 0 unspecified atom stereocenters. The van der Waals surface area contributed by atoms with E-state index in [-0.39, 0.29) is 5.91 Å². The highest BCUT2D eigenvalue weighted by atomic mass is 32.2. The summed E-state index contributed by atoms with van der Waals surface area (Å²) in [7, 11) is 2.16. The molecule has 1 heterocycles. The van der Waals surface area contributed by atoms with Crippen LogP contribution in [0, 0.1) is 11.3 Å². The van der Waals surface area contributed by atoms with E-state index in [1.54, 1.807) is 6.07 Å². The molecule has 0 saturated carbocycles. The Bertz CT molecular complexity index is 1130. The first-order valence-corrected chi connectivity index (χ1v) is 11.5. The molecule has 5 nitrogen and oxygen atoms in total. The summed E-state index contributed by atoms with van der Waals surface area (Å²) in [5.74, 6) is -0.153. The summed E-state index contributed by atoms with van der Waals surface area (Å²) < 4.78 is 0. The Hall–Kier alpha value is -3.11. The van der Waals surface area contributed by atoms with Gasteiger partial charge >= 0.3 is 0 Å². The zero-order valence-corrected chi connectivity index (χ0v) is 18.9. The van der Waals surface area contributed by atoms with Crippen LogP contribution in [0.1, 0.15) is 21.5 Å². The van der Waals surface area contributed by atoms with Crippen molar-refractivity contribution in [2.45, 2.75) is 16.3 Å². The summed E-state index contributed by atoms with van der Waals surface area (Å²) >= 11 is 1.44. The maximum Gasteiger partial charge on any atom is 0.256 e. The summed E-state index contributed by atoms with van der Waals surface area (Å²) in [6, 6.07) is 25.2. The van der Waals surface area contributed by atoms with Crippen molar-refractivity contribution in [2.24, 2.45) is 0 Å². The molecule has 32 heavy (non-hydrogen) atoms. The van der Waals surface area contributed by atoms with Gasteiger partial charge in [0.1, 0.15) is 6.07 Å². The summed E-state index contributed by atoms with van der Waals surface area (Å²) in [5, 5.41) is 12.4. The molecule has 1 fully saturated rings. The molecule has 0 aliphatic carbocycles. The number of nitrogens with zero attached hydrogens (tertiary/aromatic N) is 3. The van der Waals surface area contributed by atoms with Crippen LogP contribution in [-0.4, -0.2) is 48.9 Å². The van der Waals surface area contributed by atoms with E-state index >= 15 is 0 Å². The minimum Gasteiger partial charge on any atom is -0.322 e. The maximum absolute atomic E-state index is 13.1. The van der Waals surface area contributed by atoms with Crippen LogP contribution in [0.4, 0.5) is 5.69 Å². The number of benzene rings is 3. The minimum atomic E-state index is -0.153. The first-order chi connectivity index (χ1) is 15.6. The summed E-state index contributed by atoms with van der Waals surface area (Å²) in [4.78, 5) is 19.6. The number of anilines is 1. The Morgan fingerprint density at radius 1 is 0.969 bits per heavy atom. The van der Waals surface area contributed by atoms with E-state index in [2.05, 4.69) is 40.4 Å². The van der Waals surface area contributed by atoms with Crippen molar-refractivity contribution in [1.82, 2.24) is 9.80 Å². The van der Waals surface area contributed by atoms with Crippen LogP contribution >= 0.6 is 11.8 Å². The lowest BCUT2D eigenvalue weighted by molar-refractivity contribution is 0.102. The van der Waals surface area contributed by atoms with Gasteiger partial charge in [-0.25, -0.2) is 0 Å². The monoisotopic (exact) mass is 442 g/mol. The molecule has 3 aromatic carbocycles. The third-order valence-electron chi connectivity index (χ3n) is 5.55. The largest absolute Gasteiger partial charge is 0.322 e. The second-order valence-corrected chi connectivity index (χ2v) is 9.02. The number of nitrogens with one attached hydrogen (secondary N) is 1. The van der Waals surface area contributed by atoms with Crippen molar-refractivity contribution in [2.75, 3.05) is 38.5 Å². The molecule has 0 atom stereocenters. The average Bonchev–Trinajstić information content (AvgIpc) is 2.81. The van der Waals surface area contributed by atoms with Crippen molar-refractivity contribution in [3.63, 3.8) is 0 Å². The van der Waals surface area contributed by atoms with Gasteiger partial charge in [0, 0.05) is 48.2 Å². The van der Waals surface area contributed by atoms with Crippen molar-refractivity contribution >= 4 is 23.4 Å². The highest BCUT2D eigenvalue weighted by molar-refractivity contribution is 7.99. The minimum absolute atomic E-state index is 0.153. The Labute approximate surface area is 193 Å². The van der Waals surface area contributed by atoms with Gasteiger partial charge in [0.25, 0.3) is 5.91 Å². The quantitative estimate of drug-likeness (QED) is 0.599. The van der Waals surface area contributed by atoms with Crippen LogP contribution in [0.3, 0.4) is 0 Å². The first-order valence-electron chi connectivity index (χ1n) is 10.7. The van der Waals surface area contributed by atoms with Crippen molar-refractivity contribution < 1.29 is 4.79 Å². The third-order valence-corrected chi connectivity index (χ3v) is 6.70. The predicted octanol–water partition coefficient (Wildman–Crippen LogP) is 4.71. The number of amides is 1. The van der Waals surface area contributed by atoms with E-state index < -0.39 is 0 Å². The molecule has 6 heteroatoms. The fraction of sp³-hybridized carbons (Fsp3) is 0.231. The fourth-order valence-electron chi connectivity index (χ4n) is 3.72. The topological polar surface area (TPSA) is 59.4 Å². The number of rotatable bonds is 6. The van der Waals surface area contributed by atoms with Gasteiger partial charge in [-0.15, -0.1) is 0 Å². The van der Waals surface area contributed by atoms with Gasteiger partial charge in [-0.2, -0.15) is 5.26 Å². The van der Waals surface area contributed by atoms with Gasteiger partial charge in [-0.05, 0) is 49.0 Å². The van der Waals surface area contributed by atoms with E-state index in [1.807, 2.05) is 54.6 Å². The van der Waals surface area contributed by atoms with Crippen LogP contribution in [-0.2, 0) is 6.54 Å². The van der Waals surface area contributed by atoms with E-state index in [0.717, 1.165) is 48.2 Å². The standard InChI is InChI=1S/C26H26N4OS/c1-29-13-15-30(16-14-29)19-20-7-6-9-22(17-20)28-26(31)23-10-3-5-12-25(23)32-24-11-4-2-8-21(24)18-27/h2-12,17H,13-16,19H2,1H3,(H,28,31). The van der Waals surface area contributed by atoms with Gasteiger partial charge in [-0.1, -0.05) is 48.2 Å². The summed E-state index contributed by atoms with van der Waals surface area (Å²) in [5.41, 5.74) is 3.18. The SMILES string of the molecule is CN1CCN(Cc2cccc(NC(=O)c3ccccc3Sc3ccccc3C#N)c2)CC1. The molecule has 3 aromatic rings. The van der Waals surface area contributed by atoms with Crippen LogP contribution < -0.4 is 5.32 Å². The number of hydrogen-bond acceptors (Lipinski definition) is 5. The molecule has 0 spiro atoms. The Balaban J connectivity index is 1.47. The molecule has 1 saturated heterocycles. The fourth-order valence-corrected chi connectivity index (χ4v) is 4.74. The van der Waals surface area contributed by atoms with Crippen molar-refractivity contribution in [3.05, 3.63) is 89.5 Å². The number of nitriles is 1. The average molecular weight is 443 g/mol. The zero-order chi connectivity index (χ0) is 22.3. The molecule has 1 N–H and O–H groups in total. The Morgan fingerprint density at radius 2 is 1.69 bits per heavy atom. The third kappa shape index (κ3) is 5.57. The molecule has 0 bridgehead atoms. The Kier molecular flexibility index (Phi) is 7.23. The molecular weight excluding hydrogens is 416 g/mol. The van der Waals surface area contributed by atoms with Gasteiger partial charge < -0.3 is 10.2 Å². The molecule has 1 amide bonds. The summed E-state index contributed by atoms with van der Waals surface area (Å²) in [6.07, 6.45) is 0. The molecule has 0 aromatic heterocycles. The van der Waals surface area contributed by atoms with Crippen LogP contribution in [0.25, 0.3) is 0 Å². The van der Waals surface area contributed by atoms with E-state index in [0.29, 0.717) is 11.1 Å². The lowest BCUT2D eigenvalue weighted by atomic mass is 10.1. The molecule has 4 rings (SSSR count). The first kappa shape index (κ1) is 22.1. The van der Waals surface area contributed by atoms with Crippen molar-refractivity contribution in [3.8, 4) is 6.07 Å². The number of carbonyl (C=O) groups excluding carboxylic acids is 1. The van der Waals surface area contributed by atoms with Crippen molar-refractivity contribution in [1.29, 1.82) is 5.26 Å². The number of hydrogen-bond donors (Lipinski definition) is 1. The van der Waals surface area contributed by atoms with E-state index in [1.165, 1.54) is 17.3 Å². The molecule has 0 radical (unpaired) electrons. The maximum atomic E-state index is 13.1. The molecule has 1 aliphatic heterocycles. The number of piperazine rings is 1. The zero-order valence-electron chi connectivity index (χ0n) is 18.1. The van der Waals surface area contributed by atoms with E-state index in [9.17, 15) is 10.1 Å². The van der Waals surface area contributed by atoms with Gasteiger partial charge in [0.2, 0.25) is 0 Å². The van der Waals surface area contributed by atoms with Crippen LogP contribution in [0.15, 0.2) is 82.6 Å². The number of carbonyl (C=O) groups is 1. The second kappa shape index (κ2) is 10.5. The highest BCUT2D eigenvalue weighted by Crippen LogP contribution is 2.33. The van der Waals surface area contributed by atoms with E-state index in [4.69, 9.17) is 0 Å². The molecule has 162 valence electrons. The highest BCUT2D eigenvalue weighted by Gasteiger charge is 2.16. The van der Waals surface area contributed by atoms with Gasteiger partial charge in [-0.3, -0.25) is 9.69 Å². The van der Waals surface area contributed by atoms with Gasteiger partial charge in [0.05, 0.1) is 11.1 Å². The Morgan fingerprint density at radius 3 is 2.47 bits per heavy atom. The van der Waals surface area contributed by atoms with Gasteiger partial charge in [0.15, 0.2) is 0 Å². The normalized spacial score (nSPS) is 14.6. The summed E-state index contributed by atoms with van der Waals surface area (Å²) in [6.45, 7) is 5.16. The smallest absolute Gasteiger partial charge is 0.256 e. The van der Waals surface area contributed by atoms with Crippen LogP contribution in [0.2, 0.25) is 0 Å². The number of likely N-dealkylation sites (N-methyl/N-ethyl adjacent to an activating group) is 1. The molecule has 1 aliphatic rings. The van der Waals surface area contributed by atoms with Crippen LogP contribution in [0.5, 0.6) is 0 Å². The molecular formula is C26H26N4OS. The lowest BCUT2D eigenvalue weighted by Gasteiger charge is -2.32. The second-order valence-electron chi connectivity index (χ2n) is 7.94. The lowest BCUT2D eigenvalue weighted by Crippen LogP contribution is -2.43. The predicted molar refractivity (Wildman–Crippen MR) is 129 cm³/mol.